The van der Waals surface area contributed by atoms with Crippen LogP contribution in [-0.4, -0.2) is 25.2 Å². The molecule has 0 saturated heterocycles. The predicted molar refractivity (Wildman–Crippen MR) is 70.9 cm³/mol. The molecule has 0 aromatic heterocycles. The second-order valence-corrected chi connectivity index (χ2v) is 4.07. The summed E-state index contributed by atoms with van der Waals surface area (Å²) in [6.45, 7) is 1.25. The summed E-state index contributed by atoms with van der Waals surface area (Å²) in [6, 6.07) is 9.46. The highest BCUT2D eigenvalue weighted by Crippen LogP contribution is 2.01. The molecule has 0 bridgehead atoms. The molecule has 100 valence electrons. The molecule has 0 fully saturated rings. The molecule has 1 aromatic carbocycles. The van der Waals surface area contributed by atoms with Gasteiger partial charge in [-0.15, -0.1) is 0 Å². The number of hydrogen-bond donors (Lipinski definition) is 3. The molecule has 0 aliphatic carbocycles. The summed E-state index contributed by atoms with van der Waals surface area (Å²) in [5, 5.41) is 2.73. The Hall–Kier alpha value is -1.59. The molecule has 0 radical (unpaired) electrons. The summed E-state index contributed by atoms with van der Waals surface area (Å²) in [5.41, 5.74) is 11.9. The number of ether oxygens (including phenoxy) is 1. The molecule has 1 aromatic rings. The van der Waals surface area contributed by atoms with Crippen molar-refractivity contribution in [3.05, 3.63) is 35.9 Å². The predicted octanol–water partition coefficient (Wildman–Crippen LogP) is 0.979. The van der Waals surface area contributed by atoms with E-state index in [4.69, 9.17) is 16.2 Å². The molecule has 1 rings (SSSR count). The Bertz CT molecular complexity index is 343. The lowest BCUT2D eigenvalue weighted by Crippen LogP contribution is -2.40. The van der Waals surface area contributed by atoms with Crippen molar-refractivity contribution in [3.8, 4) is 0 Å². The minimum Gasteiger partial charge on any atom is -0.445 e. The number of nitrogens with one attached hydrogen (secondary N) is 1. The number of benzene rings is 1. The van der Waals surface area contributed by atoms with E-state index in [0.717, 1.165) is 18.4 Å². The quantitative estimate of drug-likeness (QED) is 0.673. The Balaban J connectivity index is 2.28. The van der Waals surface area contributed by atoms with E-state index >= 15 is 0 Å². The van der Waals surface area contributed by atoms with E-state index in [1.165, 1.54) is 0 Å². The molecule has 0 spiro atoms. The maximum absolute atomic E-state index is 11.5. The Morgan fingerprint density at radius 1 is 1.28 bits per heavy atom. The van der Waals surface area contributed by atoms with Crippen LogP contribution in [0.25, 0.3) is 0 Å². The first-order valence-corrected chi connectivity index (χ1v) is 6.13. The monoisotopic (exact) mass is 251 g/mol. The first kappa shape index (κ1) is 14.5. The van der Waals surface area contributed by atoms with Crippen LogP contribution in [0.5, 0.6) is 0 Å². The van der Waals surface area contributed by atoms with Gasteiger partial charge in [0.25, 0.3) is 0 Å². The van der Waals surface area contributed by atoms with Crippen LogP contribution in [0.4, 0.5) is 4.79 Å². The molecule has 18 heavy (non-hydrogen) atoms. The van der Waals surface area contributed by atoms with E-state index < -0.39 is 6.09 Å². The van der Waals surface area contributed by atoms with E-state index in [1.54, 1.807) is 0 Å². The molecule has 5 heteroatoms. The molecule has 5 nitrogen and oxygen atoms in total. The van der Waals surface area contributed by atoms with Crippen molar-refractivity contribution >= 4 is 6.09 Å². The third-order valence-corrected chi connectivity index (χ3v) is 2.58. The number of nitrogens with two attached hydrogens (primary N) is 2. The second-order valence-electron chi connectivity index (χ2n) is 4.07. The molecule has 0 aliphatic rings. The zero-order valence-corrected chi connectivity index (χ0v) is 10.5. The van der Waals surface area contributed by atoms with Gasteiger partial charge in [0.2, 0.25) is 0 Å². The Kier molecular flexibility index (Phi) is 6.83. The number of alkyl carbamates (subject to hydrolysis) is 1. The minimum atomic E-state index is -0.439. The van der Waals surface area contributed by atoms with Gasteiger partial charge in [-0.05, 0) is 24.9 Å². The number of carbonyl (C=O) groups is 1. The highest BCUT2D eigenvalue weighted by atomic mass is 16.5. The summed E-state index contributed by atoms with van der Waals surface area (Å²) in [6.07, 6.45) is 1.17. The SMILES string of the molecule is NCCCC(CN)NC(=O)OCc1ccccc1. The average molecular weight is 251 g/mol. The largest absolute Gasteiger partial charge is 0.445 e. The van der Waals surface area contributed by atoms with Crippen molar-refractivity contribution < 1.29 is 9.53 Å². The normalized spacial score (nSPS) is 11.9. The topological polar surface area (TPSA) is 90.4 Å². The number of carbonyl (C=O) groups excluding carboxylic acids is 1. The number of rotatable bonds is 7. The van der Waals surface area contributed by atoms with Crippen molar-refractivity contribution in [2.45, 2.75) is 25.5 Å². The van der Waals surface area contributed by atoms with Crippen LogP contribution >= 0.6 is 0 Å². The van der Waals surface area contributed by atoms with Gasteiger partial charge >= 0.3 is 6.09 Å². The molecule has 1 unspecified atom stereocenters. The molecule has 5 N–H and O–H groups in total. The summed E-state index contributed by atoms with van der Waals surface area (Å²) in [7, 11) is 0. The van der Waals surface area contributed by atoms with Gasteiger partial charge in [0, 0.05) is 12.6 Å². The smallest absolute Gasteiger partial charge is 0.407 e. The lowest BCUT2D eigenvalue weighted by molar-refractivity contribution is 0.135. The van der Waals surface area contributed by atoms with Crippen LogP contribution in [0.1, 0.15) is 18.4 Å². The van der Waals surface area contributed by atoms with Crippen molar-refractivity contribution in [3.63, 3.8) is 0 Å². The Labute approximate surface area is 107 Å². The lowest BCUT2D eigenvalue weighted by Gasteiger charge is -2.16. The maximum atomic E-state index is 11.5. The first-order valence-electron chi connectivity index (χ1n) is 6.13. The highest BCUT2D eigenvalue weighted by Gasteiger charge is 2.10. The molecule has 0 heterocycles. The molecule has 1 amide bonds. The Morgan fingerprint density at radius 2 is 2.00 bits per heavy atom. The molecular weight excluding hydrogens is 230 g/mol. The van der Waals surface area contributed by atoms with Crippen molar-refractivity contribution in [1.82, 2.24) is 5.32 Å². The molecule has 0 aliphatic heterocycles. The van der Waals surface area contributed by atoms with Gasteiger partial charge in [0.1, 0.15) is 6.61 Å². The fraction of sp³-hybridized carbons (Fsp3) is 0.462. The summed E-state index contributed by atoms with van der Waals surface area (Å²) in [4.78, 5) is 11.5. The van der Waals surface area contributed by atoms with Gasteiger partial charge in [-0.1, -0.05) is 30.3 Å². The van der Waals surface area contributed by atoms with Crippen LogP contribution in [0.3, 0.4) is 0 Å². The standard InChI is InChI=1S/C13H21N3O2/c14-8-4-7-12(9-15)16-13(17)18-10-11-5-2-1-3-6-11/h1-3,5-6,12H,4,7-10,14-15H2,(H,16,17). The van der Waals surface area contributed by atoms with Crippen molar-refractivity contribution in [1.29, 1.82) is 0 Å². The van der Waals surface area contributed by atoms with Gasteiger partial charge in [-0.25, -0.2) is 4.79 Å². The van der Waals surface area contributed by atoms with Crippen molar-refractivity contribution in [2.75, 3.05) is 13.1 Å². The van der Waals surface area contributed by atoms with E-state index in [0.29, 0.717) is 13.1 Å². The van der Waals surface area contributed by atoms with Gasteiger partial charge < -0.3 is 21.5 Å². The van der Waals surface area contributed by atoms with Gasteiger partial charge in [0.05, 0.1) is 0 Å². The minimum absolute atomic E-state index is 0.0724. The third kappa shape index (κ3) is 5.65. The van der Waals surface area contributed by atoms with Gasteiger partial charge in [-0.2, -0.15) is 0 Å². The fourth-order valence-electron chi connectivity index (χ4n) is 1.54. The van der Waals surface area contributed by atoms with Gasteiger partial charge in [-0.3, -0.25) is 0 Å². The van der Waals surface area contributed by atoms with E-state index in [-0.39, 0.29) is 12.6 Å². The van der Waals surface area contributed by atoms with Gasteiger partial charge in [0.15, 0.2) is 0 Å². The molecule has 0 saturated carbocycles. The van der Waals surface area contributed by atoms with Crippen LogP contribution in [0.15, 0.2) is 30.3 Å². The number of amides is 1. The van der Waals surface area contributed by atoms with E-state index in [1.807, 2.05) is 30.3 Å². The van der Waals surface area contributed by atoms with Crippen LogP contribution < -0.4 is 16.8 Å². The summed E-state index contributed by atoms with van der Waals surface area (Å²) >= 11 is 0. The summed E-state index contributed by atoms with van der Waals surface area (Å²) in [5.74, 6) is 0. The second kappa shape index (κ2) is 8.49. The van der Waals surface area contributed by atoms with Crippen LogP contribution in [0, 0.1) is 0 Å². The summed E-state index contributed by atoms with van der Waals surface area (Å²) < 4.78 is 5.10. The van der Waals surface area contributed by atoms with E-state index in [2.05, 4.69) is 5.32 Å². The fourth-order valence-corrected chi connectivity index (χ4v) is 1.54. The highest BCUT2D eigenvalue weighted by molar-refractivity contribution is 5.67. The third-order valence-electron chi connectivity index (χ3n) is 2.58. The average Bonchev–Trinajstić information content (AvgIpc) is 2.42. The lowest BCUT2D eigenvalue weighted by atomic mass is 10.1. The zero-order valence-electron chi connectivity index (χ0n) is 10.5. The van der Waals surface area contributed by atoms with E-state index in [9.17, 15) is 4.79 Å². The number of hydrogen-bond acceptors (Lipinski definition) is 4. The first-order chi connectivity index (χ1) is 8.76. The van der Waals surface area contributed by atoms with Crippen molar-refractivity contribution in [2.24, 2.45) is 11.5 Å². The van der Waals surface area contributed by atoms with Crippen LogP contribution in [0.2, 0.25) is 0 Å². The molecule has 1 atom stereocenters. The zero-order chi connectivity index (χ0) is 13.2. The molecular formula is C13H21N3O2. The Morgan fingerprint density at radius 3 is 2.61 bits per heavy atom. The maximum Gasteiger partial charge on any atom is 0.407 e. The van der Waals surface area contributed by atoms with Crippen LogP contribution in [-0.2, 0) is 11.3 Å².